The summed E-state index contributed by atoms with van der Waals surface area (Å²) in [6.07, 6.45) is 0. The van der Waals surface area contributed by atoms with Crippen LogP contribution in [0.4, 0.5) is 0 Å². The maximum Gasteiger partial charge on any atom is 0.357 e. The Bertz CT molecular complexity index is 1970. The second kappa shape index (κ2) is 19.1. The number of aromatic nitrogens is 2. The zero-order valence-electron chi connectivity index (χ0n) is 25.9. The molecule has 0 aliphatic carbocycles. The van der Waals surface area contributed by atoms with Crippen molar-refractivity contribution in [3.63, 3.8) is 0 Å². The molecule has 0 fully saturated rings. The molecule has 8 nitrogen and oxygen atoms in total. The average molecular weight is 801 g/mol. The van der Waals surface area contributed by atoms with E-state index in [0.717, 1.165) is 27.3 Å². The Labute approximate surface area is 309 Å². The van der Waals surface area contributed by atoms with Crippen LogP contribution in [0.3, 0.4) is 0 Å². The maximum absolute atomic E-state index is 11.1. The van der Waals surface area contributed by atoms with Crippen molar-refractivity contribution in [1.29, 1.82) is 0 Å². The minimum Gasteiger partial charge on any atom is -0.506 e. The second-order valence-corrected chi connectivity index (χ2v) is 13.0. The molecule has 0 aliphatic heterocycles. The molecule has 0 amide bonds. The molecule has 0 atom stereocenters. The number of hydrogen-bond donors (Lipinski definition) is 2. The van der Waals surface area contributed by atoms with Crippen molar-refractivity contribution in [1.82, 2.24) is 9.97 Å². The van der Waals surface area contributed by atoms with E-state index in [4.69, 9.17) is 37.8 Å². The number of phenolic OH excluding ortho intramolecular Hbond substituents is 1. The number of carbonyl (C=O) groups is 2. The number of aromatic hydroxyl groups is 1. The molecule has 0 spiro atoms. The normalized spacial score (nSPS) is 10.2. The van der Waals surface area contributed by atoms with E-state index in [1.165, 1.54) is 28.1 Å². The van der Waals surface area contributed by atoms with Crippen molar-refractivity contribution in [2.45, 2.75) is 18.9 Å². The summed E-state index contributed by atoms with van der Waals surface area (Å²) < 4.78 is 10.4. The molecular formula is C36H29BrCl2N2O6S2. The van der Waals surface area contributed by atoms with Gasteiger partial charge in [-0.1, -0.05) is 112 Å². The minimum atomic E-state index is -1.04. The number of rotatable bonds is 9. The number of hydrogen-bond acceptors (Lipinski definition) is 9. The summed E-state index contributed by atoms with van der Waals surface area (Å²) in [4.78, 5) is 29.9. The van der Waals surface area contributed by atoms with Gasteiger partial charge in [0.2, 0.25) is 0 Å². The number of carboxylic acids is 1. The Morgan fingerprint density at radius 1 is 0.755 bits per heavy atom. The highest BCUT2D eigenvalue weighted by molar-refractivity contribution is 9.08. The van der Waals surface area contributed by atoms with Crippen LogP contribution in [0.5, 0.6) is 11.5 Å². The lowest BCUT2D eigenvalue weighted by Crippen LogP contribution is -2.04. The fraction of sp³-hybridized carbons (Fsp3) is 0.111. The van der Waals surface area contributed by atoms with Crippen molar-refractivity contribution in [3.8, 4) is 33.8 Å². The molecule has 0 saturated carbocycles. The summed E-state index contributed by atoms with van der Waals surface area (Å²) in [6, 6.07) is 30.6. The predicted molar refractivity (Wildman–Crippen MR) is 200 cm³/mol. The van der Waals surface area contributed by atoms with Crippen molar-refractivity contribution < 1.29 is 29.3 Å². The van der Waals surface area contributed by atoms with Gasteiger partial charge >= 0.3 is 11.9 Å². The van der Waals surface area contributed by atoms with Gasteiger partial charge in [-0.2, -0.15) is 0 Å². The van der Waals surface area contributed by atoms with Crippen molar-refractivity contribution in [3.05, 3.63) is 139 Å². The number of carbonyl (C=O) groups excluding carboxylic acids is 1. The molecule has 252 valence electrons. The molecule has 2 N–H and O–H groups in total. The third kappa shape index (κ3) is 11.4. The first-order valence-corrected chi connectivity index (χ1v) is 18.2. The van der Waals surface area contributed by atoms with Crippen LogP contribution in [0.15, 0.2) is 108 Å². The Morgan fingerprint density at radius 3 is 1.82 bits per heavy atom. The first kappa shape index (κ1) is 37.6. The summed E-state index contributed by atoms with van der Waals surface area (Å²) >= 11 is 18.0. The van der Waals surface area contributed by atoms with Crippen LogP contribution in [-0.2, 0) is 16.7 Å². The number of halogens is 3. The monoisotopic (exact) mass is 798 g/mol. The lowest BCUT2D eigenvalue weighted by atomic mass is 10.1. The third-order valence-corrected chi connectivity index (χ3v) is 9.54. The molecule has 0 radical (unpaired) electrons. The van der Waals surface area contributed by atoms with E-state index in [-0.39, 0.29) is 24.0 Å². The first-order valence-electron chi connectivity index (χ1n) is 14.5. The zero-order chi connectivity index (χ0) is 35.2. The lowest BCUT2D eigenvalue weighted by molar-refractivity contribution is 0.0519. The molecule has 2 heterocycles. The zero-order valence-corrected chi connectivity index (χ0v) is 30.6. The Hall–Kier alpha value is -4.26. The van der Waals surface area contributed by atoms with Gasteiger partial charge in [-0.15, -0.1) is 22.7 Å². The van der Waals surface area contributed by atoms with Crippen LogP contribution in [0, 0.1) is 0 Å². The number of nitrogens with zero attached hydrogens (tertiary/aromatic N) is 2. The van der Waals surface area contributed by atoms with Crippen molar-refractivity contribution in [2.75, 3.05) is 6.61 Å². The highest BCUT2D eigenvalue weighted by Crippen LogP contribution is 2.31. The van der Waals surface area contributed by atoms with E-state index in [1.54, 1.807) is 30.5 Å². The van der Waals surface area contributed by atoms with Gasteiger partial charge < -0.3 is 19.7 Å². The Balaban J connectivity index is 0.000000178. The maximum atomic E-state index is 11.1. The van der Waals surface area contributed by atoms with E-state index < -0.39 is 5.97 Å². The van der Waals surface area contributed by atoms with E-state index in [9.17, 15) is 14.7 Å². The van der Waals surface area contributed by atoms with Gasteiger partial charge in [-0.05, 0) is 53.4 Å². The van der Waals surface area contributed by atoms with Crippen LogP contribution in [-0.4, -0.2) is 38.7 Å². The van der Waals surface area contributed by atoms with Gasteiger partial charge in [0.25, 0.3) is 0 Å². The highest BCUT2D eigenvalue weighted by atomic mass is 79.9. The molecule has 2 aromatic heterocycles. The number of phenols is 1. The van der Waals surface area contributed by atoms with Crippen LogP contribution >= 0.6 is 61.8 Å². The highest BCUT2D eigenvalue weighted by Gasteiger charge is 2.11. The lowest BCUT2D eigenvalue weighted by Gasteiger charge is -2.08. The van der Waals surface area contributed by atoms with E-state index in [1.807, 2.05) is 78.9 Å². The molecule has 49 heavy (non-hydrogen) atoms. The topological polar surface area (TPSA) is 119 Å². The van der Waals surface area contributed by atoms with Crippen molar-refractivity contribution >= 4 is 73.7 Å². The summed E-state index contributed by atoms with van der Waals surface area (Å²) in [5.41, 5.74) is 4.61. The van der Waals surface area contributed by atoms with Gasteiger partial charge in [-0.3, -0.25) is 0 Å². The first-order chi connectivity index (χ1) is 23.7. The van der Waals surface area contributed by atoms with Crippen molar-refractivity contribution in [2.24, 2.45) is 0 Å². The number of alkyl halides is 1. The summed E-state index contributed by atoms with van der Waals surface area (Å²) in [5, 5.41) is 24.3. The van der Waals surface area contributed by atoms with Gasteiger partial charge in [0.1, 0.15) is 28.1 Å². The number of aromatic carboxylic acids is 1. The SMILES string of the molecule is CCOC(=O)c1csc(CBr)n1.O=C(O)c1csc(COc2ccc(-c3ccccc3)cc2Cl)n1.Oc1ccc(-c2ccccc2)cc1Cl. The second-order valence-electron chi connectivity index (χ2n) is 9.74. The molecule has 0 bridgehead atoms. The van der Waals surface area contributed by atoms with E-state index in [0.29, 0.717) is 38.4 Å². The van der Waals surface area contributed by atoms with Crippen LogP contribution < -0.4 is 4.74 Å². The molecule has 0 unspecified atom stereocenters. The summed E-state index contributed by atoms with van der Waals surface area (Å²) in [6.45, 7) is 2.35. The van der Waals surface area contributed by atoms with E-state index >= 15 is 0 Å². The number of thiazole rings is 2. The number of ether oxygens (including phenoxy) is 2. The van der Waals surface area contributed by atoms with Crippen LogP contribution in [0.2, 0.25) is 10.0 Å². The summed E-state index contributed by atoms with van der Waals surface area (Å²) in [7, 11) is 0. The predicted octanol–water partition coefficient (Wildman–Crippen LogP) is 10.7. The summed E-state index contributed by atoms with van der Waals surface area (Å²) in [5.74, 6) is -0.733. The smallest absolute Gasteiger partial charge is 0.357 e. The van der Waals surface area contributed by atoms with Gasteiger partial charge in [-0.25, -0.2) is 19.6 Å². The minimum absolute atomic E-state index is 0.0270. The van der Waals surface area contributed by atoms with Gasteiger partial charge in [0.15, 0.2) is 11.4 Å². The van der Waals surface area contributed by atoms with Gasteiger partial charge in [0, 0.05) is 10.8 Å². The van der Waals surface area contributed by atoms with Crippen LogP contribution in [0.25, 0.3) is 22.3 Å². The molecule has 6 rings (SSSR count). The standard InChI is InChI=1S/C17H12ClNO3S.C12H9ClO.C7H8BrNO2S/c18-13-8-12(11-4-2-1-3-5-11)6-7-15(13)22-9-16-19-14(10-23-16)17(20)21;13-11-8-10(6-7-12(11)14)9-4-2-1-3-5-9;1-2-11-7(10)5-4-12-6(3-8)9-5/h1-8,10H,9H2,(H,20,21);1-8,14H;4H,2-3H2,1H3. The fourth-order valence-corrected chi connectivity index (χ4v) is 6.26. The fourth-order valence-electron chi connectivity index (χ4n) is 4.03. The van der Waals surface area contributed by atoms with Crippen LogP contribution in [0.1, 0.15) is 37.9 Å². The molecule has 0 aliphatic rings. The van der Waals surface area contributed by atoms with Gasteiger partial charge in [0.05, 0.1) is 22.0 Å². The quantitative estimate of drug-likeness (QED) is 0.110. The number of benzene rings is 4. The Kier molecular flexibility index (Phi) is 14.6. The molecule has 13 heteroatoms. The average Bonchev–Trinajstić information content (AvgIpc) is 3.81. The molecular weight excluding hydrogens is 771 g/mol. The number of carboxylic acid groups (broad SMARTS) is 1. The molecule has 6 aromatic rings. The molecule has 0 saturated heterocycles. The largest absolute Gasteiger partial charge is 0.506 e. The Morgan fingerprint density at radius 2 is 1.31 bits per heavy atom. The number of esters is 1. The third-order valence-electron chi connectivity index (χ3n) is 6.37. The molecule has 4 aromatic carbocycles. The van der Waals surface area contributed by atoms with E-state index in [2.05, 4.69) is 25.9 Å².